The van der Waals surface area contributed by atoms with E-state index in [1.54, 1.807) is 12.4 Å². The summed E-state index contributed by atoms with van der Waals surface area (Å²) in [7, 11) is 0. The van der Waals surface area contributed by atoms with Crippen LogP contribution in [0, 0.1) is 5.92 Å². The molecule has 3 heterocycles. The maximum absolute atomic E-state index is 4.74. The molecule has 4 nitrogen and oxygen atoms in total. The minimum Gasteiger partial charge on any atom is -0.297 e. The molecule has 4 heteroatoms. The monoisotopic (exact) mass is 344 g/mol. The number of aromatic nitrogens is 3. The van der Waals surface area contributed by atoms with Gasteiger partial charge in [-0.2, -0.15) is 0 Å². The topological polar surface area (TPSA) is 41.9 Å². The number of hydrogen-bond acceptors (Lipinski definition) is 4. The zero-order valence-electron chi connectivity index (χ0n) is 15.0. The fourth-order valence-corrected chi connectivity index (χ4v) is 3.65. The lowest BCUT2D eigenvalue weighted by molar-refractivity contribution is 0.175. The summed E-state index contributed by atoms with van der Waals surface area (Å²) in [6, 6.07) is 16.8. The van der Waals surface area contributed by atoms with E-state index < -0.39 is 0 Å². The van der Waals surface area contributed by atoms with E-state index in [2.05, 4.69) is 45.2 Å². The molecule has 0 unspecified atom stereocenters. The zero-order valence-corrected chi connectivity index (χ0v) is 15.0. The fraction of sp³-hybridized carbons (Fsp3) is 0.318. The van der Waals surface area contributed by atoms with Gasteiger partial charge < -0.3 is 0 Å². The SMILES string of the molecule is c1ccc(CC2CCN(Cc3ccnc(-c4ccncc4)n3)CC2)cc1. The van der Waals surface area contributed by atoms with E-state index in [-0.39, 0.29) is 0 Å². The molecule has 1 aliphatic heterocycles. The molecule has 26 heavy (non-hydrogen) atoms. The fourth-order valence-electron chi connectivity index (χ4n) is 3.65. The van der Waals surface area contributed by atoms with Crippen molar-refractivity contribution in [1.29, 1.82) is 0 Å². The summed E-state index contributed by atoms with van der Waals surface area (Å²) in [5.74, 6) is 1.58. The van der Waals surface area contributed by atoms with Crippen molar-refractivity contribution in [3.8, 4) is 11.4 Å². The third-order valence-corrected chi connectivity index (χ3v) is 5.11. The summed E-state index contributed by atoms with van der Waals surface area (Å²) in [6.45, 7) is 3.19. The molecule has 1 aliphatic rings. The molecule has 132 valence electrons. The summed E-state index contributed by atoms with van der Waals surface area (Å²) in [6.07, 6.45) is 9.15. The second-order valence-corrected chi connectivity index (χ2v) is 7.02. The highest BCUT2D eigenvalue weighted by molar-refractivity contribution is 5.53. The maximum atomic E-state index is 4.74. The lowest BCUT2D eigenvalue weighted by Gasteiger charge is -2.31. The van der Waals surface area contributed by atoms with Crippen molar-refractivity contribution in [2.75, 3.05) is 13.1 Å². The average molecular weight is 344 g/mol. The first-order valence-electron chi connectivity index (χ1n) is 9.35. The Morgan fingerprint density at radius 2 is 1.65 bits per heavy atom. The molecule has 0 bridgehead atoms. The van der Waals surface area contributed by atoms with E-state index >= 15 is 0 Å². The Kier molecular flexibility index (Phi) is 5.31. The van der Waals surface area contributed by atoms with Crippen molar-refractivity contribution in [3.05, 3.63) is 78.4 Å². The van der Waals surface area contributed by atoms with Crippen molar-refractivity contribution in [1.82, 2.24) is 19.9 Å². The highest BCUT2D eigenvalue weighted by atomic mass is 15.1. The van der Waals surface area contributed by atoms with Crippen molar-refractivity contribution >= 4 is 0 Å². The molecule has 0 amide bonds. The van der Waals surface area contributed by atoms with Gasteiger partial charge in [0.15, 0.2) is 5.82 Å². The first kappa shape index (κ1) is 16.9. The second kappa shape index (κ2) is 8.19. The number of hydrogen-bond donors (Lipinski definition) is 0. The quantitative estimate of drug-likeness (QED) is 0.702. The lowest BCUT2D eigenvalue weighted by atomic mass is 9.90. The summed E-state index contributed by atoms with van der Waals surface area (Å²) < 4.78 is 0. The molecule has 2 aromatic heterocycles. The third kappa shape index (κ3) is 4.33. The van der Waals surface area contributed by atoms with E-state index in [4.69, 9.17) is 4.98 Å². The molecular formula is C22H24N4. The van der Waals surface area contributed by atoms with Gasteiger partial charge in [0.25, 0.3) is 0 Å². The van der Waals surface area contributed by atoms with Gasteiger partial charge in [-0.1, -0.05) is 30.3 Å². The Labute approximate surface area is 155 Å². The van der Waals surface area contributed by atoms with Crippen LogP contribution in [0.2, 0.25) is 0 Å². The van der Waals surface area contributed by atoms with Crippen molar-refractivity contribution in [2.24, 2.45) is 5.92 Å². The normalized spacial score (nSPS) is 15.8. The Hall–Kier alpha value is -2.59. The molecule has 0 N–H and O–H groups in total. The van der Waals surface area contributed by atoms with Gasteiger partial charge in [-0.25, -0.2) is 9.97 Å². The lowest BCUT2D eigenvalue weighted by Crippen LogP contribution is -2.34. The molecule has 1 fully saturated rings. The van der Waals surface area contributed by atoms with Crippen molar-refractivity contribution in [3.63, 3.8) is 0 Å². The Balaban J connectivity index is 1.33. The van der Waals surface area contributed by atoms with Gasteiger partial charge in [0, 0.05) is 30.7 Å². The van der Waals surface area contributed by atoms with Gasteiger partial charge >= 0.3 is 0 Å². The van der Waals surface area contributed by atoms with Gasteiger partial charge in [0.1, 0.15) is 0 Å². The number of likely N-dealkylation sites (tertiary alicyclic amines) is 1. The van der Waals surface area contributed by atoms with Crippen LogP contribution >= 0.6 is 0 Å². The first-order chi connectivity index (χ1) is 12.9. The highest BCUT2D eigenvalue weighted by Gasteiger charge is 2.20. The second-order valence-electron chi connectivity index (χ2n) is 7.02. The van der Waals surface area contributed by atoms with Crippen LogP contribution < -0.4 is 0 Å². The summed E-state index contributed by atoms with van der Waals surface area (Å²) in [4.78, 5) is 15.7. The summed E-state index contributed by atoms with van der Waals surface area (Å²) in [5.41, 5.74) is 3.57. The van der Waals surface area contributed by atoms with Crippen LogP contribution in [0.3, 0.4) is 0 Å². The van der Waals surface area contributed by atoms with Crippen molar-refractivity contribution in [2.45, 2.75) is 25.8 Å². The maximum Gasteiger partial charge on any atom is 0.159 e. The predicted octanol–water partition coefficient (Wildman–Crippen LogP) is 3.99. The van der Waals surface area contributed by atoms with Gasteiger partial charge in [-0.05, 0) is 62.0 Å². The molecule has 0 radical (unpaired) electrons. The van der Waals surface area contributed by atoms with Crippen LogP contribution in [0.25, 0.3) is 11.4 Å². The van der Waals surface area contributed by atoms with Crippen LogP contribution in [-0.2, 0) is 13.0 Å². The first-order valence-corrected chi connectivity index (χ1v) is 9.35. The number of piperidine rings is 1. The van der Waals surface area contributed by atoms with E-state index in [0.717, 1.165) is 42.6 Å². The smallest absolute Gasteiger partial charge is 0.159 e. The predicted molar refractivity (Wildman–Crippen MR) is 103 cm³/mol. The molecule has 0 saturated carbocycles. The minimum atomic E-state index is 0.781. The summed E-state index contributed by atoms with van der Waals surface area (Å²) in [5, 5.41) is 0. The van der Waals surface area contributed by atoms with Crippen molar-refractivity contribution < 1.29 is 0 Å². The van der Waals surface area contributed by atoms with E-state index in [1.165, 1.54) is 24.8 Å². The largest absolute Gasteiger partial charge is 0.297 e. The van der Waals surface area contributed by atoms with Crippen LogP contribution in [0.4, 0.5) is 0 Å². The van der Waals surface area contributed by atoms with Gasteiger partial charge in [-0.15, -0.1) is 0 Å². The molecule has 3 aromatic rings. The van der Waals surface area contributed by atoms with E-state index in [1.807, 2.05) is 24.4 Å². The summed E-state index contributed by atoms with van der Waals surface area (Å²) >= 11 is 0. The van der Waals surface area contributed by atoms with Gasteiger partial charge in [0.2, 0.25) is 0 Å². The van der Waals surface area contributed by atoms with E-state index in [9.17, 15) is 0 Å². The average Bonchev–Trinajstić information content (AvgIpc) is 2.71. The molecule has 0 spiro atoms. The van der Waals surface area contributed by atoms with Crippen LogP contribution in [0.15, 0.2) is 67.1 Å². The number of nitrogens with zero attached hydrogens (tertiary/aromatic N) is 4. The molecule has 1 aromatic carbocycles. The van der Waals surface area contributed by atoms with Gasteiger partial charge in [-0.3, -0.25) is 9.88 Å². The Morgan fingerprint density at radius 1 is 0.885 bits per heavy atom. The molecule has 4 rings (SSSR count). The van der Waals surface area contributed by atoms with Gasteiger partial charge in [0.05, 0.1) is 5.69 Å². The molecule has 0 aliphatic carbocycles. The standard InChI is InChI=1S/C22H24N4/c1-2-4-18(5-3-1)16-19-9-14-26(15-10-19)17-21-8-13-24-22(25-21)20-6-11-23-12-7-20/h1-8,11-13,19H,9-10,14-17H2. The van der Waals surface area contributed by atoms with Crippen LogP contribution in [0.5, 0.6) is 0 Å². The highest BCUT2D eigenvalue weighted by Crippen LogP contribution is 2.23. The molecular weight excluding hydrogens is 320 g/mol. The number of benzene rings is 1. The number of rotatable bonds is 5. The number of pyridine rings is 1. The molecule has 0 atom stereocenters. The van der Waals surface area contributed by atoms with E-state index in [0.29, 0.717) is 0 Å². The van der Waals surface area contributed by atoms with Crippen LogP contribution in [-0.4, -0.2) is 32.9 Å². The Morgan fingerprint density at radius 3 is 2.42 bits per heavy atom. The van der Waals surface area contributed by atoms with Crippen LogP contribution in [0.1, 0.15) is 24.1 Å². The third-order valence-electron chi connectivity index (χ3n) is 5.11. The minimum absolute atomic E-state index is 0.781. The zero-order chi connectivity index (χ0) is 17.6. The molecule has 1 saturated heterocycles. The Bertz CT molecular complexity index is 812.